The van der Waals surface area contributed by atoms with Gasteiger partial charge in [0.2, 0.25) is 0 Å². The smallest absolute Gasteiger partial charge is 0.119 e. The Kier molecular flexibility index (Phi) is 2.61. The van der Waals surface area contributed by atoms with E-state index < -0.39 is 0 Å². The third-order valence-corrected chi connectivity index (χ3v) is 7.66. The number of methoxy groups -OCH3 is 1. The summed E-state index contributed by atoms with van der Waals surface area (Å²) in [6.45, 7) is 2.38. The number of fused-ring (bicyclic) bond motifs is 7. The molecule has 22 heavy (non-hydrogen) atoms. The zero-order chi connectivity index (χ0) is 15.1. The molecule has 0 bridgehead atoms. The average molecular weight is 298 g/mol. The van der Waals surface area contributed by atoms with Gasteiger partial charge in [0, 0.05) is 0 Å². The molecule has 0 aliphatic heterocycles. The molecule has 5 rings (SSSR count). The molecule has 3 saturated carbocycles. The van der Waals surface area contributed by atoms with Crippen LogP contribution < -0.4 is 4.74 Å². The molecule has 0 amide bonds. The first kappa shape index (κ1) is 13.4. The second kappa shape index (κ2) is 4.29. The van der Waals surface area contributed by atoms with Gasteiger partial charge in [0.05, 0.1) is 13.2 Å². The maximum atomic E-state index is 10.7. The molecule has 2 heteroatoms. The summed E-state index contributed by atoms with van der Waals surface area (Å²) in [4.78, 5) is 0. The van der Waals surface area contributed by atoms with E-state index in [1.54, 1.807) is 12.7 Å². The van der Waals surface area contributed by atoms with E-state index in [1.165, 1.54) is 37.7 Å². The van der Waals surface area contributed by atoms with E-state index in [4.69, 9.17) is 4.74 Å². The van der Waals surface area contributed by atoms with Gasteiger partial charge in [-0.3, -0.25) is 0 Å². The number of aliphatic hydroxyl groups excluding tert-OH is 1. The van der Waals surface area contributed by atoms with E-state index in [2.05, 4.69) is 25.1 Å². The van der Waals surface area contributed by atoms with E-state index in [0.29, 0.717) is 5.92 Å². The SMILES string of the molecule is COc1ccc2c(c1)CCC1C2CC[C@@]2(C)C1C1CC1[C@H]2O. The third-order valence-electron chi connectivity index (χ3n) is 7.66. The van der Waals surface area contributed by atoms with Crippen molar-refractivity contribution in [3.05, 3.63) is 29.3 Å². The van der Waals surface area contributed by atoms with Gasteiger partial charge in [-0.2, -0.15) is 0 Å². The monoisotopic (exact) mass is 298 g/mol. The Morgan fingerprint density at radius 3 is 2.86 bits per heavy atom. The molecule has 1 aromatic carbocycles. The minimum atomic E-state index is -0.0271. The van der Waals surface area contributed by atoms with Crippen molar-refractivity contribution in [3.63, 3.8) is 0 Å². The number of hydrogen-bond acceptors (Lipinski definition) is 2. The molecule has 2 nitrogen and oxygen atoms in total. The van der Waals surface area contributed by atoms with Gasteiger partial charge in [-0.05, 0) is 90.4 Å². The molecule has 1 N–H and O–H groups in total. The highest BCUT2D eigenvalue weighted by Crippen LogP contribution is 2.71. The third kappa shape index (κ3) is 1.55. The molecule has 7 atom stereocenters. The topological polar surface area (TPSA) is 29.5 Å². The maximum absolute atomic E-state index is 10.7. The lowest BCUT2D eigenvalue weighted by Crippen LogP contribution is -2.46. The van der Waals surface area contributed by atoms with Crippen molar-refractivity contribution in [2.24, 2.45) is 29.1 Å². The van der Waals surface area contributed by atoms with Gasteiger partial charge < -0.3 is 9.84 Å². The van der Waals surface area contributed by atoms with Crippen LogP contribution in [0, 0.1) is 29.1 Å². The molecule has 3 fully saturated rings. The summed E-state index contributed by atoms with van der Waals surface area (Å²) >= 11 is 0. The zero-order valence-corrected chi connectivity index (χ0v) is 13.6. The fourth-order valence-corrected chi connectivity index (χ4v) is 6.62. The molecule has 4 aliphatic rings. The summed E-state index contributed by atoms with van der Waals surface area (Å²) in [5, 5.41) is 10.7. The van der Waals surface area contributed by atoms with Crippen LogP contribution in [0.15, 0.2) is 18.2 Å². The first-order valence-corrected chi connectivity index (χ1v) is 8.98. The van der Waals surface area contributed by atoms with Crippen molar-refractivity contribution in [3.8, 4) is 5.75 Å². The number of rotatable bonds is 1. The van der Waals surface area contributed by atoms with Crippen molar-refractivity contribution in [2.75, 3.05) is 7.11 Å². The Hall–Kier alpha value is -1.02. The molecule has 1 aromatic rings. The molecule has 0 saturated heterocycles. The summed E-state index contributed by atoms with van der Waals surface area (Å²) in [6.07, 6.45) is 6.22. The van der Waals surface area contributed by atoms with E-state index in [1.807, 2.05) is 0 Å². The summed E-state index contributed by atoms with van der Waals surface area (Å²) in [5.74, 6) is 4.74. The van der Waals surface area contributed by atoms with Crippen molar-refractivity contribution in [1.82, 2.24) is 0 Å². The lowest BCUT2D eigenvalue weighted by atomic mass is 9.54. The van der Waals surface area contributed by atoms with Crippen molar-refractivity contribution >= 4 is 0 Å². The Bertz CT molecular complexity index is 624. The number of ether oxygens (including phenoxy) is 1. The lowest BCUT2D eigenvalue weighted by Gasteiger charge is -2.51. The number of aryl methyl sites for hydroxylation is 1. The largest absolute Gasteiger partial charge is 0.497 e. The first-order valence-electron chi connectivity index (χ1n) is 8.98. The van der Waals surface area contributed by atoms with Gasteiger partial charge in [-0.15, -0.1) is 0 Å². The minimum Gasteiger partial charge on any atom is -0.497 e. The number of hydrogen-bond donors (Lipinski definition) is 1. The number of aliphatic hydroxyl groups is 1. The normalized spacial score (nSPS) is 48.0. The standard InChI is InChI=1S/C20H26O2/c1-20-8-7-14-13-6-4-12(22-2)9-11(13)3-5-15(14)18(20)16-10-17(16)19(20)21/h4,6,9,14-19,21H,3,5,7-8,10H2,1-2H3/t14?,15?,16?,17?,18?,19-,20+/m1/s1. The van der Waals surface area contributed by atoms with E-state index in [9.17, 15) is 5.11 Å². The highest BCUT2D eigenvalue weighted by molar-refractivity contribution is 5.41. The second-order valence-corrected chi connectivity index (χ2v) is 8.45. The fourth-order valence-electron chi connectivity index (χ4n) is 6.62. The molecule has 0 radical (unpaired) electrons. The summed E-state index contributed by atoms with van der Waals surface area (Å²) in [5.41, 5.74) is 3.30. The van der Waals surface area contributed by atoms with Gasteiger partial charge in [-0.25, -0.2) is 0 Å². The molecule has 118 valence electrons. The van der Waals surface area contributed by atoms with Crippen LogP contribution in [0.25, 0.3) is 0 Å². The molecule has 0 aromatic heterocycles. The Morgan fingerprint density at radius 1 is 1.18 bits per heavy atom. The van der Waals surface area contributed by atoms with Crippen LogP contribution in [-0.2, 0) is 6.42 Å². The van der Waals surface area contributed by atoms with Crippen LogP contribution in [0.2, 0.25) is 0 Å². The number of benzene rings is 1. The molecule has 5 unspecified atom stereocenters. The van der Waals surface area contributed by atoms with Gasteiger partial charge in [0.15, 0.2) is 0 Å². The quantitative estimate of drug-likeness (QED) is 0.855. The zero-order valence-electron chi connectivity index (χ0n) is 13.6. The van der Waals surface area contributed by atoms with Crippen molar-refractivity contribution in [2.45, 2.75) is 51.0 Å². The van der Waals surface area contributed by atoms with Gasteiger partial charge in [-0.1, -0.05) is 13.0 Å². The van der Waals surface area contributed by atoms with Crippen LogP contribution >= 0.6 is 0 Å². The van der Waals surface area contributed by atoms with E-state index >= 15 is 0 Å². The van der Waals surface area contributed by atoms with Crippen LogP contribution in [0.4, 0.5) is 0 Å². The van der Waals surface area contributed by atoms with Crippen LogP contribution in [0.1, 0.15) is 49.7 Å². The molecule has 0 spiro atoms. The van der Waals surface area contributed by atoms with Crippen LogP contribution in [0.5, 0.6) is 5.75 Å². The van der Waals surface area contributed by atoms with Gasteiger partial charge in [0.25, 0.3) is 0 Å². The predicted molar refractivity (Wildman–Crippen MR) is 86.0 cm³/mol. The molecule has 0 heterocycles. The van der Waals surface area contributed by atoms with Crippen LogP contribution in [-0.4, -0.2) is 18.3 Å². The minimum absolute atomic E-state index is 0.0271. The van der Waals surface area contributed by atoms with Gasteiger partial charge in [0.1, 0.15) is 5.75 Å². The average Bonchev–Trinajstić information content (AvgIpc) is 3.28. The first-order chi connectivity index (χ1) is 10.6. The lowest BCUT2D eigenvalue weighted by molar-refractivity contribution is -0.0464. The van der Waals surface area contributed by atoms with Crippen LogP contribution in [0.3, 0.4) is 0 Å². The van der Waals surface area contributed by atoms with Crippen molar-refractivity contribution < 1.29 is 9.84 Å². The van der Waals surface area contributed by atoms with Crippen molar-refractivity contribution in [1.29, 1.82) is 0 Å². The fraction of sp³-hybridized carbons (Fsp3) is 0.700. The second-order valence-electron chi connectivity index (χ2n) is 8.45. The Balaban J connectivity index is 1.53. The Morgan fingerprint density at radius 2 is 2.05 bits per heavy atom. The molecular formula is C20H26O2. The summed E-state index contributed by atoms with van der Waals surface area (Å²) in [6, 6.07) is 6.71. The maximum Gasteiger partial charge on any atom is 0.119 e. The highest BCUT2D eigenvalue weighted by atomic mass is 16.5. The Labute approximate surface area is 132 Å². The highest BCUT2D eigenvalue weighted by Gasteiger charge is 2.68. The predicted octanol–water partition coefficient (Wildman–Crippen LogP) is 3.77. The van der Waals surface area contributed by atoms with Gasteiger partial charge >= 0.3 is 0 Å². The molecular weight excluding hydrogens is 272 g/mol. The van der Waals surface area contributed by atoms with E-state index in [-0.39, 0.29) is 11.5 Å². The molecule has 4 aliphatic carbocycles. The van der Waals surface area contributed by atoms with E-state index in [0.717, 1.165) is 29.4 Å². The summed E-state index contributed by atoms with van der Waals surface area (Å²) in [7, 11) is 1.76. The summed E-state index contributed by atoms with van der Waals surface area (Å²) < 4.78 is 5.41.